The Morgan fingerprint density at radius 2 is 1.71 bits per heavy atom. The summed E-state index contributed by atoms with van der Waals surface area (Å²) in [4.78, 5) is 28.2. The zero-order chi connectivity index (χ0) is 19.9. The van der Waals surface area contributed by atoms with Gasteiger partial charge in [0.25, 0.3) is 0 Å². The molecule has 1 heterocycles. The van der Waals surface area contributed by atoms with E-state index in [9.17, 15) is 14.7 Å². The third kappa shape index (κ3) is 4.06. The van der Waals surface area contributed by atoms with Crippen molar-refractivity contribution in [2.45, 2.75) is 51.5 Å². The molecule has 3 rings (SSSR count). The van der Waals surface area contributed by atoms with Gasteiger partial charge in [-0.25, -0.2) is 0 Å². The lowest BCUT2D eigenvalue weighted by Crippen LogP contribution is -2.47. The maximum atomic E-state index is 12.6. The van der Waals surface area contributed by atoms with Crippen LogP contribution in [0.4, 0.5) is 0 Å². The first-order valence-electron chi connectivity index (χ1n) is 9.85. The van der Waals surface area contributed by atoms with Crippen LogP contribution in [-0.2, 0) is 15.1 Å². The Kier molecular flexibility index (Phi) is 6.51. The lowest BCUT2D eigenvalue weighted by Gasteiger charge is -2.49. The quantitative estimate of drug-likeness (QED) is 0.805. The Labute approximate surface area is 174 Å². The number of amides is 1. The highest BCUT2D eigenvalue weighted by atomic mass is 35.5. The molecule has 1 amide bonds. The van der Waals surface area contributed by atoms with Gasteiger partial charge in [-0.3, -0.25) is 14.5 Å². The zero-order valence-electron chi connectivity index (χ0n) is 17.4. The summed E-state index contributed by atoms with van der Waals surface area (Å²) in [6.07, 6.45) is 4.59. The van der Waals surface area contributed by atoms with E-state index in [1.807, 2.05) is 0 Å². The molecule has 0 aromatic heterocycles. The molecule has 1 saturated carbocycles. The van der Waals surface area contributed by atoms with Crippen LogP contribution in [0, 0.1) is 10.8 Å². The minimum absolute atomic E-state index is 0. The summed E-state index contributed by atoms with van der Waals surface area (Å²) in [5.74, 6) is -0.739. The first-order valence-corrected chi connectivity index (χ1v) is 9.85. The van der Waals surface area contributed by atoms with Crippen LogP contribution < -0.4 is 0 Å². The highest BCUT2D eigenvalue weighted by Crippen LogP contribution is 2.52. The SMILES string of the molecule is CN(C)C1(c2ccccc2)CCC2(CC1)CC(=O)N(CC(C)(C)C(=O)O)C2.Cl. The summed E-state index contributed by atoms with van der Waals surface area (Å²) in [5.41, 5.74) is 0.453. The van der Waals surface area contributed by atoms with Crippen LogP contribution in [0.3, 0.4) is 0 Å². The molecule has 0 unspecified atom stereocenters. The van der Waals surface area contributed by atoms with E-state index in [-0.39, 0.29) is 29.3 Å². The number of nitrogens with zero attached hydrogens (tertiary/aromatic N) is 2. The fraction of sp³-hybridized carbons (Fsp3) is 0.636. The smallest absolute Gasteiger partial charge is 0.310 e. The van der Waals surface area contributed by atoms with Gasteiger partial charge in [0.2, 0.25) is 5.91 Å². The molecule has 5 nitrogen and oxygen atoms in total. The molecule has 6 heteroatoms. The van der Waals surface area contributed by atoms with Gasteiger partial charge in [0, 0.05) is 25.0 Å². The van der Waals surface area contributed by atoms with Crippen LogP contribution in [0.2, 0.25) is 0 Å². The van der Waals surface area contributed by atoms with E-state index in [1.165, 1.54) is 5.56 Å². The fourth-order valence-electron chi connectivity index (χ4n) is 4.94. The van der Waals surface area contributed by atoms with Crippen molar-refractivity contribution in [2.24, 2.45) is 10.8 Å². The first-order chi connectivity index (χ1) is 12.6. The number of carboxylic acids is 1. The van der Waals surface area contributed by atoms with Crippen molar-refractivity contribution in [3.8, 4) is 0 Å². The van der Waals surface area contributed by atoms with E-state index in [0.29, 0.717) is 19.5 Å². The van der Waals surface area contributed by atoms with Crippen molar-refractivity contribution in [2.75, 3.05) is 27.2 Å². The van der Waals surface area contributed by atoms with Crippen LogP contribution >= 0.6 is 12.4 Å². The van der Waals surface area contributed by atoms with Crippen molar-refractivity contribution in [1.82, 2.24) is 9.80 Å². The largest absolute Gasteiger partial charge is 0.481 e. The molecule has 1 aliphatic carbocycles. The summed E-state index contributed by atoms with van der Waals surface area (Å²) in [6, 6.07) is 10.7. The Bertz CT molecular complexity index is 710. The van der Waals surface area contributed by atoms with Crippen LogP contribution in [0.25, 0.3) is 0 Å². The molecule has 2 fully saturated rings. The van der Waals surface area contributed by atoms with Crippen molar-refractivity contribution in [3.63, 3.8) is 0 Å². The zero-order valence-corrected chi connectivity index (χ0v) is 18.2. The first kappa shape index (κ1) is 22.7. The number of aliphatic carboxylic acids is 1. The number of likely N-dealkylation sites (tertiary alicyclic amines) is 1. The molecular weight excluding hydrogens is 376 g/mol. The predicted octanol–water partition coefficient (Wildman–Crippen LogP) is 3.77. The van der Waals surface area contributed by atoms with Gasteiger partial charge in [0.05, 0.1) is 5.41 Å². The Balaban J connectivity index is 0.00000280. The number of benzene rings is 1. The average Bonchev–Trinajstić information content (AvgIpc) is 2.91. The molecule has 156 valence electrons. The van der Waals surface area contributed by atoms with Crippen molar-refractivity contribution >= 4 is 24.3 Å². The second-order valence-electron chi connectivity index (χ2n) is 9.41. The summed E-state index contributed by atoms with van der Waals surface area (Å²) >= 11 is 0. The molecule has 0 radical (unpaired) electrons. The second kappa shape index (κ2) is 8.03. The van der Waals surface area contributed by atoms with Gasteiger partial charge < -0.3 is 10.0 Å². The summed E-state index contributed by atoms with van der Waals surface area (Å²) < 4.78 is 0. The maximum Gasteiger partial charge on any atom is 0.310 e. The predicted molar refractivity (Wildman–Crippen MR) is 113 cm³/mol. The molecule has 28 heavy (non-hydrogen) atoms. The van der Waals surface area contributed by atoms with Gasteiger partial charge in [-0.2, -0.15) is 0 Å². The van der Waals surface area contributed by atoms with E-state index in [4.69, 9.17) is 0 Å². The van der Waals surface area contributed by atoms with Crippen LogP contribution in [0.15, 0.2) is 30.3 Å². The van der Waals surface area contributed by atoms with Crippen LogP contribution in [0.1, 0.15) is 51.5 Å². The van der Waals surface area contributed by atoms with Gasteiger partial charge in [0.15, 0.2) is 0 Å². The van der Waals surface area contributed by atoms with Gasteiger partial charge in [0.1, 0.15) is 0 Å². The highest BCUT2D eigenvalue weighted by molar-refractivity contribution is 5.85. The molecule has 0 atom stereocenters. The molecule has 1 N–H and O–H groups in total. The number of carboxylic acid groups (broad SMARTS) is 1. The van der Waals surface area contributed by atoms with Crippen LogP contribution in [0.5, 0.6) is 0 Å². The molecule has 1 saturated heterocycles. The lowest BCUT2D eigenvalue weighted by atomic mass is 9.64. The minimum atomic E-state index is -0.909. The number of rotatable bonds is 5. The van der Waals surface area contributed by atoms with Crippen molar-refractivity contribution in [1.29, 1.82) is 0 Å². The molecular formula is C22H33ClN2O3. The summed E-state index contributed by atoms with van der Waals surface area (Å²) in [7, 11) is 4.29. The number of carbonyl (C=O) groups excluding carboxylic acids is 1. The Morgan fingerprint density at radius 3 is 2.21 bits per heavy atom. The third-order valence-electron chi connectivity index (χ3n) is 6.88. The molecule has 1 aromatic carbocycles. The average molecular weight is 409 g/mol. The third-order valence-corrected chi connectivity index (χ3v) is 6.88. The Hall–Kier alpha value is -1.59. The van der Waals surface area contributed by atoms with Gasteiger partial charge in [-0.05, 0) is 64.6 Å². The van der Waals surface area contributed by atoms with E-state index in [1.54, 1.807) is 18.7 Å². The van der Waals surface area contributed by atoms with E-state index >= 15 is 0 Å². The minimum Gasteiger partial charge on any atom is -0.481 e. The number of hydrogen-bond donors (Lipinski definition) is 1. The molecule has 1 aromatic rings. The number of carbonyl (C=O) groups is 2. The monoisotopic (exact) mass is 408 g/mol. The standard InChI is InChI=1S/C22H32N2O3.ClH/c1-20(2,19(26)27)15-24-16-21(14-18(24)25)10-12-22(13-11-21,23(3)4)17-8-6-5-7-9-17;/h5-9H,10-16H2,1-4H3,(H,26,27);1H. The van der Waals surface area contributed by atoms with Gasteiger partial charge in [-0.15, -0.1) is 12.4 Å². The fourth-order valence-corrected chi connectivity index (χ4v) is 4.94. The van der Waals surface area contributed by atoms with Crippen molar-refractivity contribution in [3.05, 3.63) is 35.9 Å². The van der Waals surface area contributed by atoms with Gasteiger partial charge in [-0.1, -0.05) is 30.3 Å². The number of halogens is 1. The summed E-state index contributed by atoms with van der Waals surface area (Å²) in [5, 5.41) is 9.40. The maximum absolute atomic E-state index is 12.6. The molecule has 1 spiro atoms. The summed E-state index contributed by atoms with van der Waals surface area (Å²) in [6.45, 7) is 4.38. The van der Waals surface area contributed by atoms with Crippen molar-refractivity contribution < 1.29 is 14.7 Å². The van der Waals surface area contributed by atoms with E-state index < -0.39 is 11.4 Å². The lowest BCUT2D eigenvalue weighted by molar-refractivity contribution is -0.148. The molecule has 1 aliphatic heterocycles. The van der Waals surface area contributed by atoms with E-state index in [0.717, 1.165) is 25.7 Å². The van der Waals surface area contributed by atoms with Gasteiger partial charge >= 0.3 is 5.97 Å². The highest BCUT2D eigenvalue weighted by Gasteiger charge is 2.51. The van der Waals surface area contributed by atoms with Crippen LogP contribution in [-0.4, -0.2) is 54.0 Å². The number of hydrogen-bond acceptors (Lipinski definition) is 3. The second-order valence-corrected chi connectivity index (χ2v) is 9.41. The molecule has 0 bridgehead atoms. The molecule has 2 aliphatic rings. The normalized spacial score (nSPS) is 27.9. The topological polar surface area (TPSA) is 60.9 Å². The Morgan fingerprint density at radius 1 is 1.14 bits per heavy atom. The van der Waals surface area contributed by atoms with E-state index in [2.05, 4.69) is 49.3 Å².